The molecule has 0 atom stereocenters. The van der Waals surface area contributed by atoms with Crippen molar-refractivity contribution >= 4 is 5.91 Å². The van der Waals surface area contributed by atoms with Crippen LogP contribution in [0.15, 0.2) is 18.2 Å². The molecule has 2 aliphatic rings. The summed E-state index contributed by atoms with van der Waals surface area (Å²) in [5.74, 6) is -0.633. The lowest BCUT2D eigenvalue weighted by atomic mass is 9.80. The van der Waals surface area contributed by atoms with Gasteiger partial charge in [0.05, 0.1) is 7.11 Å². The molecule has 1 amide bonds. The van der Waals surface area contributed by atoms with E-state index >= 15 is 0 Å². The van der Waals surface area contributed by atoms with Crippen molar-refractivity contribution in [3.05, 3.63) is 29.6 Å². The van der Waals surface area contributed by atoms with Crippen LogP contribution in [0.4, 0.5) is 4.39 Å². The van der Waals surface area contributed by atoms with E-state index in [1.54, 1.807) is 12.1 Å². The first-order valence-corrected chi connectivity index (χ1v) is 9.02. The van der Waals surface area contributed by atoms with E-state index in [1.807, 2.05) is 0 Å². The fourth-order valence-electron chi connectivity index (χ4n) is 4.23. The predicted octanol–water partition coefficient (Wildman–Crippen LogP) is 3.36. The fourth-order valence-corrected chi connectivity index (χ4v) is 4.23. The molecule has 1 aromatic carbocycles. The number of halogens is 1. The Kier molecular flexibility index (Phi) is 5.39. The zero-order chi connectivity index (χ0) is 17.0. The van der Waals surface area contributed by atoms with Crippen LogP contribution in [0, 0.1) is 5.82 Å². The number of carbonyl (C=O) groups is 1. The Morgan fingerprint density at radius 1 is 1.21 bits per heavy atom. The first kappa shape index (κ1) is 17.2. The number of ether oxygens (including phenoxy) is 1. The van der Waals surface area contributed by atoms with Crippen LogP contribution < -0.4 is 10.1 Å². The number of nitrogens with zero attached hydrogens (tertiary/aromatic N) is 1. The standard InChI is InChI=1S/C19H27FN2O2/c1-24-16-9-7-8-15(20)17(16)18(23)21-14-19(10-3-2-4-11-19)22-12-5-6-13-22/h7-9H,2-6,10-14H2,1H3,(H,21,23). The molecule has 3 rings (SSSR count). The fraction of sp³-hybridized carbons (Fsp3) is 0.632. The maximum Gasteiger partial charge on any atom is 0.258 e. The Labute approximate surface area is 143 Å². The van der Waals surface area contributed by atoms with Crippen molar-refractivity contribution in [3.8, 4) is 5.75 Å². The topological polar surface area (TPSA) is 41.6 Å². The highest BCUT2D eigenvalue weighted by molar-refractivity contribution is 5.97. The van der Waals surface area contributed by atoms with Gasteiger partial charge in [0.2, 0.25) is 0 Å². The van der Waals surface area contributed by atoms with Crippen molar-refractivity contribution in [2.45, 2.75) is 50.5 Å². The van der Waals surface area contributed by atoms with E-state index in [1.165, 1.54) is 45.3 Å². The molecule has 24 heavy (non-hydrogen) atoms. The lowest BCUT2D eigenvalue weighted by Crippen LogP contribution is -2.55. The number of amides is 1. The van der Waals surface area contributed by atoms with Crippen LogP contribution in [0.25, 0.3) is 0 Å². The number of likely N-dealkylation sites (tertiary alicyclic amines) is 1. The Balaban J connectivity index is 1.74. The monoisotopic (exact) mass is 334 g/mol. The summed E-state index contributed by atoms with van der Waals surface area (Å²) in [4.78, 5) is 15.1. The number of hydrogen-bond donors (Lipinski definition) is 1. The summed E-state index contributed by atoms with van der Waals surface area (Å²) in [7, 11) is 1.46. The highest BCUT2D eigenvalue weighted by atomic mass is 19.1. The van der Waals surface area contributed by atoms with Gasteiger partial charge in [-0.3, -0.25) is 9.69 Å². The quantitative estimate of drug-likeness (QED) is 0.898. The van der Waals surface area contributed by atoms with E-state index in [4.69, 9.17) is 4.74 Å². The summed E-state index contributed by atoms with van der Waals surface area (Å²) < 4.78 is 19.3. The van der Waals surface area contributed by atoms with E-state index in [0.717, 1.165) is 25.9 Å². The molecule has 0 bridgehead atoms. The first-order valence-electron chi connectivity index (χ1n) is 9.02. The van der Waals surface area contributed by atoms with Gasteiger partial charge in [0, 0.05) is 12.1 Å². The smallest absolute Gasteiger partial charge is 0.258 e. The molecule has 4 nitrogen and oxygen atoms in total. The molecule has 1 saturated heterocycles. The highest BCUT2D eigenvalue weighted by Gasteiger charge is 2.39. The van der Waals surface area contributed by atoms with Crippen LogP contribution >= 0.6 is 0 Å². The summed E-state index contributed by atoms with van der Waals surface area (Å²) in [6.45, 7) is 2.81. The van der Waals surface area contributed by atoms with Crippen molar-refractivity contribution in [2.24, 2.45) is 0 Å². The number of benzene rings is 1. The van der Waals surface area contributed by atoms with Crippen molar-refractivity contribution in [1.29, 1.82) is 0 Å². The van der Waals surface area contributed by atoms with Gasteiger partial charge in [-0.25, -0.2) is 4.39 Å². The summed E-state index contributed by atoms with van der Waals surface area (Å²) in [5, 5.41) is 3.00. The average Bonchev–Trinajstić information content (AvgIpc) is 3.15. The SMILES string of the molecule is COc1cccc(F)c1C(=O)NCC1(N2CCCC2)CCCCC1. The van der Waals surface area contributed by atoms with Gasteiger partial charge in [0.15, 0.2) is 0 Å². The summed E-state index contributed by atoms with van der Waals surface area (Å²) in [6.07, 6.45) is 8.37. The number of carbonyl (C=O) groups excluding carboxylic acids is 1. The third kappa shape index (κ3) is 3.41. The lowest BCUT2D eigenvalue weighted by molar-refractivity contribution is 0.0649. The van der Waals surface area contributed by atoms with Crippen LogP contribution in [0.2, 0.25) is 0 Å². The van der Waals surface area contributed by atoms with Gasteiger partial charge in [-0.1, -0.05) is 25.3 Å². The normalized spacial score (nSPS) is 20.8. The molecule has 2 fully saturated rings. The Morgan fingerprint density at radius 2 is 1.92 bits per heavy atom. The summed E-state index contributed by atoms with van der Waals surface area (Å²) in [5.41, 5.74) is 0.0514. The molecule has 132 valence electrons. The van der Waals surface area contributed by atoms with Crippen molar-refractivity contribution in [1.82, 2.24) is 10.2 Å². The molecule has 1 aliphatic carbocycles. The Morgan fingerprint density at radius 3 is 2.58 bits per heavy atom. The van der Waals surface area contributed by atoms with E-state index in [9.17, 15) is 9.18 Å². The minimum absolute atomic E-state index is 0.00683. The number of methoxy groups -OCH3 is 1. The number of hydrogen-bond acceptors (Lipinski definition) is 3. The van der Waals surface area contributed by atoms with Crippen molar-refractivity contribution in [2.75, 3.05) is 26.7 Å². The summed E-state index contributed by atoms with van der Waals surface area (Å²) in [6, 6.07) is 4.47. The average molecular weight is 334 g/mol. The Hall–Kier alpha value is -1.62. The zero-order valence-electron chi connectivity index (χ0n) is 14.4. The second-order valence-corrected chi connectivity index (χ2v) is 6.98. The predicted molar refractivity (Wildman–Crippen MR) is 91.9 cm³/mol. The molecule has 1 aliphatic heterocycles. The second kappa shape index (κ2) is 7.51. The Bertz CT molecular complexity index is 579. The van der Waals surface area contributed by atoms with Gasteiger partial charge in [-0.15, -0.1) is 0 Å². The molecular formula is C19H27FN2O2. The van der Waals surface area contributed by atoms with Crippen LogP contribution in [-0.2, 0) is 0 Å². The minimum atomic E-state index is -0.536. The van der Waals surface area contributed by atoms with Gasteiger partial charge < -0.3 is 10.1 Å². The minimum Gasteiger partial charge on any atom is -0.496 e. The maximum atomic E-state index is 14.1. The molecule has 1 aromatic rings. The van der Waals surface area contributed by atoms with Gasteiger partial charge in [-0.05, 0) is 50.9 Å². The largest absolute Gasteiger partial charge is 0.496 e. The molecule has 0 unspecified atom stereocenters. The summed E-state index contributed by atoms with van der Waals surface area (Å²) >= 11 is 0. The van der Waals surface area contributed by atoms with Crippen LogP contribution in [0.3, 0.4) is 0 Å². The first-order chi connectivity index (χ1) is 11.7. The van der Waals surface area contributed by atoms with Crippen molar-refractivity contribution in [3.63, 3.8) is 0 Å². The third-order valence-corrected chi connectivity index (χ3v) is 5.56. The number of rotatable bonds is 5. The van der Waals surface area contributed by atoms with Crippen molar-refractivity contribution < 1.29 is 13.9 Å². The van der Waals surface area contributed by atoms with Crippen LogP contribution in [0.5, 0.6) is 5.75 Å². The molecule has 1 saturated carbocycles. The van der Waals surface area contributed by atoms with E-state index in [0.29, 0.717) is 6.54 Å². The van der Waals surface area contributed by atoms with E-state index in [2.05, 4.69) is 10.2 Å². The van der Waals surface area contributed by atoms with Crippen LogP contribution in [0.1, 0.15) is 55.3 Å². The molecular weight excluding hydrogens is 307 g/mol. The molecule has 0 aromatic heterocycles. The van der Waals surface area contributed by atoms with Gasteiger partial charge in [-0.2, -0.15) is 0 Å². The zero-order valence-corrected chi connectivity index (χ0v) is 14.4. The molecule has 1 N–H and O–H groups in total. The molecule has 5 heteroatoms. The van der Waals surface area contributed by atoms with Gasteiger partial charge in [0.1, 0.15) is 17.1 Å². The number of nitrogens with one attached hydrogen (secondary N) is 1. The van der Waals surface area contributed by atoms with Gasteiger partial charge in [0.25, 0.3) is 5.91 Å². The molecule has 1 heterocycles. The van der Waals surface area contributed by atoms with Gasteiger partial charge >= 0.3 is 0 Å². The molecule has 0 radical (unpaired) electrons. The maximum absolute atomic E-state index is 14.1. The van der Waals surface area contributed by atoms with E-state index < -0.39 is 5.82 Å². The second-order valence-electron chi connectivity index (χ2n) is 6.98. The van der Waals surface area contributed by atoms with E-state index in [-0.39, 0.29) is 22.8 Å². The third-order valence-electron chi connectivity index (χ3n) is 5.56. The molecule has 0 spiro atoms. The lowest BCUT2D eigenvalue weighted by Gasteiger charge is -2.45. The highest BCUT2D eigenvalue weighted by Crippen LogP contribution is 2.35. The van der Waals surface area contributed by atoms with Crippen LogP contribution in [-0.4, -0.2) is 43.1 Å².